The van der Waals surface area contributed by atoms with Gasteiger partial charge in [0.2, 0.25) is 0 Å². The molecule has 0 aromatic rings. The molecule has 0 saturated heterocycles. The van der Waals surface area contributed by atoms with Crippen LogP contribution in [0, 0.1) is 11.8 Å². The summed E-state index contributed by atoms with van der Waals surface area (Å²) in [6, 6.07) is 0. The van der Waals surface area contributed by atoms with Gasteiger partial charge in [0.1, 0.15) is 0 Å². The third-order valence-electron chi connectivity index (χ3n) is 6.21. The molecule has 0 rings (SSSR count). The van der Waals surface area contributed by atoms with Gasteiger partial charge in [-0.2, -0.15) is 0 Å². The number of carboxylic acid groups (broad SMARTS) is 1. The van der Waals surface area contributed by atoms with Crippen LogP contribution in [0.1, 0.15) is 117 Å². The molecule has 29 heavy (non-hydrogen) atoms. The predicted octanol–water partition coefficient (Wildman–Crippen LogP) is 5.30. The molecule has 0 aliphatic carbocycles. The molecule has 0 fully saturated rings. The summed E-state index contributed by atoms with van der Waals surface area (Å²) < 4.78 is 0. The van der Waals surface area contributed by atoms with Crippen molar-refractivity contribution in [1.29, 1.82) is 0 Å². The highest BCUT2D eigenvalue weighted by molar-refractivity contribution is 5.71. The van der Waals surface area contributed by atoms with Gasteiger partial charge >= 0.3 is 5.97 Å². The monoisotopic (exact) mass is 416 g/mol. The van der Waals surface area contributed by atoms with Crippen LogP contribution in [0.25, 0.3) is 0 Å². The molecular formula is C24H48O5. The predicted molar refractivity (Wildman–Crippen MR) is 119 cm³/mol. The highest BCUT2D eigenvalue weighted by atomic mass is 16.4. The lowest BCUT2D eigenvalue weighted by Crippen LogP contribution is -2.40. The van der Waals surface area contributed by atoms with Crippen molar-refractivity contribution in [1.82, 2.24) is 0 Å². The standard InChI is InChI=1S/C24H48O5/c1-4-7-8-13-16-19(25)17-14-11-9-10-12-15-18-20(21(26)5-2)23(24(28)29)22(27)6-3/h19-23,25-27H,4-18H2,1-3H3,(H,28,29). The minimum absolute atomic E-state index is 0.152. The van der Waals surface area contributed by atoms with Crippen LogP contribution in [0.5, 0.6) is 0 Å². The summed E-state index contributed by atoms with van der Waals surface area (Å²) in [6.07, 6.45) is 12.7. The summed E-state index contributed by atoms with van der Waals surface area (Å²) in [6.45, 7) is 5.83. The maximum atomic E-state index is 11.6. The summed E-state index contributed by atoms with van der Waals surface area (Å²) in [7, 11) is 0. The van der Waals surface area contributed by atoms with E-state index in [1.54, 1.807) is 6.92 Å². The van der Waals surface area contributed by atoms with E-state index < -0.39 is 30.0 Å². The molecule has 0 aliphatic heterocycles. The van der Waals surface area contributed by atoms with Crippen molar-refractivity contribution >= 4 is 5.97 Å². The molecule has 0 aromatic heterocycles. The van der Waals surface area contributed by atoms with Crippen molar-refractivity contribution < 1.29 is 25.2 Å². The van der Waals surface area contributed by atoms with E-state index in [0.29, 0.717) is 19.3 Å². The zero-order chi connectivity index (χ0) is 22.1. The largest absolute Gasteiger partial charge is 0.481 e. The SMILES string of the molecule is CCCCCCC(O)CCCCCCCCC(C(O)CC)C(C(=O)O)C(O)CC. The average Bonchev–Trinajstić information content (AvgIpc) is 2.70. The summed E-state index contributed by atoms with van der Waals surface area (Å²) in [5.74, 6) is -2.30. The van der Waals surface area contributed by atoms with Crippen molar-refractivity contribution in [2.24, 2.45) is 11.8 Å². The first-order chi connectivity index (χ1) is 13.9. The second kappa shape index (κ2) is 18.1. The van der Waals surface area contributed by atoms with Crippen molar-refractivity contribution in [3.05, 3.63) is 0 Å². The van der Waals surface area contributed by atoms with E-state index >= 15 is 0 Å². The maximum absolute atomic E-state index is 11.6. The number of aliphatic hydroxyl groups is 3. The van der Waals surface area contributed by atoms with Gasteiger partial charge in [0, 0.05) is 5.92 Å². The number of carboxylic acids is 1. The average molecular weight is 417 g/mol. The third-order valence-corrected chi connectivity index (χ3v) is 6.21. The lowest BCUT2D eigenvalue weighted by atomic mass is 9.78. The molecule has 5 unspecified atom stereocenters. The van der Waals surface area contributed by atoms with Crippen molar-refractivity contribution in [2.75, 3.05) is 0 Å². The minimum Gasteiger partial charge on any atom is -0.481 e. The van der Waals surface area contributed by atoms with Gasteiger partial charge in [-0.1, -0.05) is 85.0 Å². The second-order valence-electron chi connectivity index (χ2n) is 8.68. The summed E-state index contributed by atoms with van der Waals surface area (Å²) in [5, 5.41) is 39.9. The molecule has 174 valence electrons. The van der Waals surface area contributed by atoms with E-state index in [1.807, 2.05) is 6.92 Å². The number of rotatable bonds is 20. The Labute approximate surface area is 178 Å². The fraction of sp³-hybridized carbons (Fsp3) is 0.958. The second-order valence-corrected chi connectivity index (χ2v) is 8.68. The number of aliphatic hydroxyl groups excluding tert-OH is 3. The van der Waals surface area contributed by atoms with Crippen molar-refractivity contribution in [3.63, 3.8) is 0 Å². The molecular weight excluding hydrogens is 368 g/mol. The van der Waals surface area contributed by atoms with E-state index in [-0.39, 0.29) is 6.10 Å². The highest BCUT2D eigenvalue weighted by Gasteiger charge is 2.36. The van der Waals surface area contributed by atoms with Crippen LogP contribution >= 0.6 is 0 Å². The Balaban J connectivity index is 4.03. The Kier molecular flexibility index (Phi) is 17.7. The van der Waals surface area contributed by atoms with Gasteiger partial charge in [0.15, 0.2) is 0 Å². The zero-order valence-electron chi connectivity index (χ0n) is 19.2. The molecule has 0 amide bonds. The van der Waals surface area contributed by atoms with Crippen molar-refractivity contribution in [3.8, 4) is 0 Å². The molecule has 5 atom stereocenters. The highest BCUT2D eigenvalue weighted by Crippen LogP contribution is 2.29. The normalized spacial score (nSPS) is 16.9. The Bertz CT molecular complexity index is 387. The smallest absolute Gasteiger partial charge is 0.309 e. The Morgan fingerprint density at radius 3 is 1.55 bits per heavy atom. The van der Waals surface area contributed by atoms with E-state index in [2.05, 4.69) is 6.92 Å². The molecule has 5 nitrogen and oxygen atoms in total. The van der Waals surface area contributed by atoms with Crippen LogP contribution < -0.4 is 0 Å². The summed E-state index contributed by atoms with van der Waals surface area (Å²) in [5.41, 5.74) is 0. The fourth-order valence-corrected chi connectivity index (χ4v) is 4.22. The van der Waals surface area contributed by atoms with Gasteiger partial charge in [-0.15, -0.1) is 0 Å². The molecule has 0 bridgehead atoms. The molecule has 0 aliphatic rings. The zero-order valence-corrected chi connectivity index (χ0v) is 19.2. The first-order valence-corrected chi connectivity index (χ1v) is 12.2. The third kappa shape index (κ3) is 13.3. The number of aliphatic carboxylic acids is 1. The quantitative estimate of drug-likeness (QED) is 0.202. The molecule has 4 N–H and O–H groups in total. The van der Waals surface area contributed by atoms with Crippen LogP contribution in [-0.4, -0.2) is 44.7 Å². The number of hydrogen-bond acceptors (Lipinski definition) is 4. The molecule has 0 heterocycles. The van der Waals surface area contributed by atoms with E-state index in [9.17, 15) is 25.2 Å². The molecule has 0 saturated carbocycles. The maximum Gasteiger partial charge on any atom is 0.309 e. The molecule has 0 spiro atoms. The Hall–Kier alpha value is -0.650. The lowest BCUT2D eigenvalue weighted by molar-refractivity contribution is -0.151. The van der Waals surface area contributed by atoms with E-state index in [0.717, 1.165) is 57.8 Å². The van der Waals surface area contributed by atoms with Crippen LogP contribution in [0.15, 0.2) is 0 Å². The summed E-state index contributed by atoms with van der Waals surface area (Å²) >= 11 is 0. The van der Waals surface area contributed by atoms with Gasteiger partial charge in [0.05, 0.1) is 24.2 Å². The number of carbonyl (C=O) groups is 1. The van der Waals surface area contributed by atoms with Gasteiger partial charge in [0.25, 0.3) is 0 Å². The van der Waals surface area contributed by atoms with Gasteiger partial charge in [-0.25, -0.2) is 0 Å². The van der Waals surface area contributed by atoms with Gasteiger partial charge < -0.3 is 20.4 Å². The Morgan fingerprint density at radius 2 is 1.10 bits per heavy atom. The van der Waals surface area contributed by atoms with Gasteiger partial charge in [-0.3, -0.25) is 4.79 Å². The fourth-order valence-electron chi connectivity index (χ4n) is 4.22. The van der Waals surface area contributed by atoms with E-state index in [4.69, 9.17) is 0 Å². The van der Waals surface area contributed by atoms with Crippen LogP contribution in [0.4, 0.5) is 0 Å². The van der Waals surface area contributed by atoms with Crippen LogP contribution in [0.2, 0.25) is 0 Å². The van der Waals surface area contributed by atoms with E-state index in [1.165, 1.54) is 19.3 Å². The number of unbranched alkanes of at least 4 members (excludes halogenated alkanes) is 8. The topological polar surface area (TPSA) is 98.0 Å². The van der Waals surface area contributed by atoms with Crippen LogP contribution in [0.3, 0.4) is 0 Å². The van der Waals surface area contributed by atoms with Crippen molar-refractivity contribution in [2.45, 2.75) is 135 Å². The van der Waals surface area contributed by atoms with Gasteiger partial charge in [-0.05, 0) is 32.1 Å². The summed E-state index contributed by atoms with van der Waals surface area (Å²) in [4.78, 5) is 11.6. The molecule has 0 radical (unpaired) electrons. The molecule has 5 heteroatoms. The van der Waals surface area contributed by atoms with Crippen LogP contribution in [-0.2, 0) is 4.79 Å². The first kappa shape index (κ1) is 28.4. The Morgan fingerprint density at radius 1 is 0.655 bits per heavy atom. The lowest BCUT2D eigenvalue weighted by Gasteiger charge is -2.30. The minimum atomic E-state index is -1.01. The first-order valence-electron chi connectivity index (χ1n) is 12.2. The number of hydrogen-bond donors (Lipinski definition) is 4. The molecule has 0 aromatic carbocycles.